The van der Waals surface area contributed by atoms with E-state index in [1.54, 1.807) is 6.92 Å². The van der Waals surface area contributed by atoms with Gasteiger partial charge in [0.1, 0.15) is 11.4 Å². The number of nitrogens with zero attached hydrogens (tertiary/aromatic N) is 2. The van der Waals surface area contributed by atoms with Gasteiger partial charge in [-0.05, 0) is 29.5 Å². The SMILES string of the molecule is CCOC(=O)/C=C1/CC(C)(C)Cc2nonc21. The van der Waals surface area contributed by atoms with Crippen molar-refractivity contribution in [1.29, 1.82) is 0 Å². The van der Waals surface area contributed by atoms with Gasteiger partial charge in [-0.2, -0.15) is 0 Å². The zero-order valence-electron chi connectivity index (χ0n) is 10.3. The first kappa shape index (κ1) is 11.8. The molecule has 0 atom stereocenters. The number of aromatic nitrogens is 2. The Labute approximate surface area is 99.8 Å². The van der Waals surface area contributed by atoms with Gasteiger partial charge in [-0.25, -0.2) is 9.42 Å². The van der Waals surface area contributed by atoms with E-state index in [0.29, 0.717) is 12.3 Å². The van der Waals surface area contributed by atoms with Crippen molar-refractivity contribution < 1.29 is 14.2 Å². The van der Waals surface area contributed by atoms with Gasteiger partial charge in [0.05, 0.1) is 6.61 Å². The lowest BCUT2D eigenvalue weighted by Gasteiger charge is -2.28. The molecule has 0 unspecified atom stereocenters. The molecule has 1 heterocycles. The molecule has 1 aromatic heterocycles. The highest BCUT2D eigenvalue weighted by molar-refractivity contribution is 5.91. The molecular weight excluding hydrogens is 220 g/mol. The molecule has 0 aliphatic heterocycles. The number of allylic oxidation sites excluding steroid dienone is 1. The third-order valence-electron chi connectivity index (χ3n) is 2.75. The molecule has 5 heteroatoms. The number of fused-ring (bicyclic) bond motifs is 1. The van der Waals surface area contributed by atoms with Gasteiger partial charge in [-0.1, -0.05) is 19.0 Å². The lowest BCUT2D eigenvalue weighted by Crippen LogP contribution is -2.22. The molecule has 0 radical (unpaired) electrons. The average molecular weight is 236 g/mol. The Balaban J connectivity index is 2.32. The van der Waals surface area contributed by atoms with Crippen molar-refractivity contribution in [2.24, 2.45) is 5.41 Å². The lowest BCUT2D eigenvalue weighted by atomic mass is 9.75. The molecule has 0 amide bonds. The largest absolute Gasteiger partial charge is 0.463 e. The number of esters is 1. The van der Waals surface area contributed by atoms with Crippen LogP contribution in [0.5, 0.6) is 0 Å². The summed E-state index contributed by atoms with van der Waals surface area (Å²) < 4.78 is 9.65. The van der Waals surface area contributed by atoms with Crippen molar-refractivity contribution in [3.8, 4) is 0 Å². The summed E-state index contributed by atoms with van der Waals surface area (Å²) in [5.41, 5.74) is 2.41. The molecule has 0 aromatic carbocycles. The zero-order chi connectivity index (χ0) is 12.5. The highest BCUT2D eigenvalue weighted by Gasteiger charge is 2.32. The van der Waals surface area contributed by atoms with E-state index in [2.05, 4.69) is 24.2 Å². The minimum atomic E-state index is -0.339. The van der Waals surface area contributed by atoms with Crippen LogP contribution in [0.3, 0.4) is 0 Å². The summed E-state index contributed by atoms with van der Waals surface area (Å²) in [7, 11) is 0. The van der Waals surface area contributed by atoms with Gasteiger partial charge in [0.15, 0.2) is 0 Å². The van der Waals surface area contributed by atoms with Gasteiger partial charge in [0.25, 0.3) is 0 Å². The van der Waals surface area contributed by atoms with E-state index in [0.717, 1.165) is 24.1 Å². The van der Waals surface area contributed by atoms with Crippen LogP contribution in [0.1, 0.15) is 38.6 Å². The van der Waals surface area contributed by atoms with Gasteiger partial charge in [0, 0.05) is 12.5 Å². The Hall–Kier alpha value is -1.65. The molecule has 0 saturated carbocycles. The lowest BCUT2D eigenvalue weighted by molar-refractivity contribution is -0.137. The average Bonchev–Trinajstić information content (AvgIpc) is 2.63. The van der Waals surface area contributed by atoms with Gasteiger partial charge in [0.2, 0.25) is 0 Å². The van der Waals surface area contributed by atoms with Crippen LogP contribution in [0.4, 0.5) is 0 Å². The molecule has 0 N–H and O–H groups in total. The normalized spacial score (nSPS) is 20.1. The maximum atomic E-state index is 11.5. The number of carbonyl (C=O) groups excluding carboxylic acids is 1. The van der Waals surface area contributed by atoms with E-state index in [-0.39, 0.29) is 11.4 Å². The molecule has 0 fully saturated rings. The topological polar surface area (TPSA) is 65.2 Å². The third kappa shape index (κ3) is 2.54. The van der Waals surface area contributed by atoms with Crippen molar-refractivity contribution >= 4 is 11.5 Å². The molecule has 1 aliphatic rings. The Kier molecular flexibility index (Phi) is 3.00. The van der Waals surface area contributed by atoms with E-state index in [9.17, 15) is 4.79 Å². The predicted molar refractivity (Wildman–Crippen MR) is 61.0 cm³/mol. The quantitative estimate of drug-likeness (QED) is 0.580. The first-order valence-electron chi connectivity index (χ1n) is 5.71. The first-order valence-corrected chi connectivity index (χ1v) is 5.71. The summed E-state index contributed by atoms with van der Waals surface area (Å²) in [4.78, 5) is 11.5. The fraction of sp³-hybridized carbons (Fsp3) is 0.583. The minimum absolute atomic E-state index is 0.0594. The Morgan fingerprint density at radius 1 is 1.47 bits per heavy atom. The van der Waals surface area contributed by atoms with Crippen molar-refractivity contribution in [3.63, 3.8) is 0 Å². The number of ether oxygens (including phenoxy) is 1. The van der Waals surface area contributed by atoms with Gasteiger partial charge < -0.3 is 4.74 Å². The second-order valence-electron chi connectivity index (χ2n) is 5.00. The van der Waals surface area contributed by atoms with Crippen LogP contribution in [-0.2, 0) is 16.0 Å². The summed E-state index contributed by atoms with van der Waals surface area (Å²) in [5, 5.41) is 7.73. The van der Waals surface area contributed by atoms with Crippen LogP contribution in [-0.4, -0.2) is 22.9 Å². The van der Waals surface area contributed by atoms with E-state index >= 15 is 0 Å². The number of rotatable bonds is 2. The van der Waals surface area contributed by atoms with Crippen LogP contribution < -0.4 is 0 Å². The second kappa shape index (κ2) is 4.31. The Morgan fingerprint density at radius 3 is 2.94 bits per heavy atom. The highest BCUT2D eigenvalue weighted by atomic mass is 16.6. The van der Waals surface area contributed by atoms with Crippen molar-refractivity contribution in [2.45, 2.75) is 33.6 Å². The zero-order valence-corrected chi connectivity index (χ0v) is 10.3. The van der Waals surface area contributed by atoms with Crippen molar-refractivity contribution in [2.75, 3.05) is 6.61 Å². The van der Waals surface area contributed by atoms with Crippen LogP contribution in [0.15, 0.2) is 10.7 Å². The number of hydrogen-bond acceptors (Lipinski definition) is 5. The molecule has 0 bridgehead atoms. The number of hydrogen-bond donors (Lipinski definition) is 0. The molecule has 0 saturated heterocycles. The van der Waals surface area contributed by atoms with Crippen LogP contribution >= 0.6 is 0 Å². The van der Waals surface area contributed by atoms with E-state index in [4.69, 9.17) is 9.37 Å². The Bertz CT molecular complexity index is 460. The molecule has 0 spiro atoms. The van der Waals surface area contributed by atoms with Crippen LogP contribution in [0, 0.1) is 5.41 Å². The van der Waals surface area contributed by atoms with Crippen molar-refractivity contribution in [3.05, 3.63) is 17.5 Å². The Morgan fingerprint density at radius 2 is 2.24 bits per heavy atom. The van der Waals surface area contributed by atoms with Gasteiger partial charge in [-0.3, -0.25) is 0 Å². The molecule has 1 aliphatic carbocycles. The van der Waals surface area contributed by atoms with Gasteiger partial charge >= 0.3 is 5.97 Å². The smallest absolute Gasteiger partial charge is 0.331 e. The maximum Gasteiger partial charge on any atom is 0.331 e. The van der Waals surface area contributed by atoms with Gasteiger partial charge in [-0.15, -0.1) is 0 Å². The third-order valence-corrected chi connectivity index (χ3v) is 2.75. The van der Waals surface area contributed by atoms with E-state index in [1.165, 1.54) is 6.08 Å². The number of carbonyl (C=O) groups is 1. The van der Waals surface area contributed by atoms with Crippen molar-refractivity contribution in [1.82, 2.24) is 10.3 Å². The second-order valence-corrected chi connectivity index (χ2v) is 5.00. The first-order chi connectivity index (χ1) is 8.02. The summed E-state index contributed by atoms with van der Waals surface area (Å²) >= 11 is 0. The standard InChI is InChI=1S/C12H16N2O3/c1-4-16-10(15)5-8-6-12(2,3)7-9-11(8)14-17-13-9/h5H,4,6-7H2,1-3H3/b8-5-. The van der Waals surface area contributed by atoms with Crippen LogP contribution in [0.25, 0.3) is 5.57 Å². The molecule has 92 valence electrons. The van der Waals surface area contributed by atoms with Crippen LogP contribution in [0.2, 0.25) is 0 Å². The molecular formula is C12H16N2O3. The van der Waals surface area contributed by atoms with E-state index < -0.39 is 0 Å². The minimum Gasteiger partial charge on any atom is -0.463 e. The fourth-order valence-electron chi connectivity index (χ4n) is 2.13. The summed E-state index contributed by atoms with van der Waals surface area (Å²) in [6, 6.07) is 0. The predicted octanol–water partition coefficient (Wildman–Crippen LogP) is 1.99. The maximum absolute atomic E-state index is 11.5. The molecule has 2 rings (SSSR count). The summed E-state index contributed by atoms with van der Waals surface area (Å²) in [5.74, 6) is -0.339. The molecule has 17 heavy (non-hydrogen) atoms. The summed E-state index contributed by atoms with van der Waals surface area (Å²) in [6.07, 6.45) is 3.08. The molecule has 5 nitrogen and oxygen atoms in total. The molecule has 1 aromatic rings. The highest BCUT2D eigenvalue weighted by Crippen LogP contribution is 2.39. The summed E-state index contributed by atoms with van der Waals surface area (Å²) in [6.45, 7) is 6.41. The monoisotopic (exact) mass is 236 g/mol. The van der Waals surface area contributed by atoms with E-state index in [1.807, 2.05) is 0 Å². The fourth-order valence-corrected chi connectivity index (χ4v) is 2.13.